The number of likely N-dealkylation sites (tertiary alicyclic amines) is 1. The first kappa shape index (κ1) is 25.6. The molecule has 3 N–H and O–H groups in total. The number of methoxy groups -OCH3 is 1. The lowest BCUT2D eigenvalue weighted by Gasteiger charge is -2.38. The van der Waals surface area contributed by atoms with Crippen LogP contribution >= 0.6 is 23.2 Å². The Kier molecular flexibility index (Phi) is 9.23. The van der Waals surface area contributed by atoms with Gasteiger partial charge in [0.1, 0.15) is 18.1 Å². The third-order valence-electron chi connectivity index (χ3n) is 5.66. The van der Waals surface area contributed by atoms with Gasteiger partial charge in [0.25, 0.3) is 0 Å². The zero-order valence-electron chi connectivity index (χ0n) is 19.0. The molecule has 0 unspecified atom stereocenters. The molecular formula is C24H31Cl2N3O4. The molecule has 0 aliphatic carbocycles. The second-order valence-corrected chi connectivity index (χ2v) is 9.16. The standard InChI is InChI=1S/C24H31Cl2N3O4/c1-17(30)28-21-13-20(26)22(32-2)14-23(21)33-12-9-27-16-24(31)7-10-29(11-8-24)15-18-3-5-19(25)6-4-18/h3-6,13-14,27,31H,7-12,15-16H2,1-2H3,(H,28,30). The highest BCUT2D eigenvalue weighted by molar-refractivity contribution is 6.32. The van der Waals surface area contributed by atoms with E-state index in [-0.39, 0.29) is 5.91 Å². The van der Waals surface area contributed by atoms with Crippen LogP contribution in [0, 0.1) is 0 Å². The molecule has 1 fully saturated rings. The van der Waals surface area contributed by atoms with Crippen LogP contribution in [-0.4, -0.2) is 61.4 Å². The second kappa shape index (κ2) is 11.9. The summed E-state index contributed by atoms with van der Waals surface area (Å²) in [5.41, 5.74) is 0.971. The lowest BCUT2D eigenvalue weighted by atomic mass is 9.91. The first-order valence-electron chi connectivity index (χ1n) is 11.0. The number of piperidine rings is 1. The van der Waals surface area contributed by atoms with Crippen LogP contribution in [0.15, 0.2) is 36.4 Å². The highest BCUT2D eigenvalue weighted by Gasteiger charge is 2.31. The molecule has 7 nitrogen and oxygen atoms in total. The number of rotatable bonds is 10. The summed E-state index contributed by atoms with van der Waals surface area (Å²) < 4.78 is 11.1. The zero-order valence-corrected chi connectivity index (χ0v) is 20.5. The summed E-state index contributed by atoms with van der Waals surface area (Å²) in [6.07, 6.45) is 1.41. The van der Waals surface area contributed by atoms with Crippen molar-refractivity contribution in [1.29, 1.82) is 0 Å². The normalized spacial score (nSPS) is 15.8. The Hall–Kier alpha value is -2.03. The number of anilines is 1. The molecule has 0 aromatic heterocycles. The topological polar surface area (TPSA) is 83.1 Å². The quantitative estimate of drug-likeness (QED) is 0.432. The van der Waals surface area contributed by atoms with Crippen molar-refractivity contribution in [1.82, 2.24) is 10.2 Å². The molecule has 9 heteroatoms. The van der Waals surface area contributed by atoms with Crippen molar-refractivity contribution in [2.45, 2.75) is 31.9 Å². The molecule has 3 rings (SSSR count). The fourth-order valence-corrected chi connectivity index (χ4v) is 4.17. The fourth-order valence-electron chi connectivity index (χ4n) is 3.80. The smallest absolute Gasteiger partial charge is 0.221 e. The molecule has 0 spiro atoms. The number of nitrogens with one attached hydrogen (secondary N) is 2. The van der Waals surface area contributed by atoms with Crippen molar-refractivity contribution >= 4 is 34.8 Å². The molecule has 1 heterocycles. The highest BCUT2D eigenvalue weighted by atomic mass is 35.5. The van der Waals surface area contributed by atoms with Crippen molar-refractivity contribution < 1.29 is 19.4 Å². The lowest BCUT2D eigenvalue weighted by Crippen LogP contribution is -2.50. The zero-order chi connectivity index (χ0) is 23.8. The van der Waals surface area contributed by atoms with Crippen LogP contribution in [0.2, 0.25) is 10.0 Å². The van der Waals surface area contributed by atoms with E-state index in [0.717, 1.165) is 24.7 Å². The Morgan fingerprint density at radius 1 is 1.15 bits per heavy atom. The number of carbonyl (C=O) groups excluding carboxylic acids is 1. The number of hydrogen-bond acceptors (Lipinski definition) is 6. The third kappa shape index (κ3) is 7.76. The van der Waals surface area contributed by atoms with Crippen LogP contribution in [0.25, 0.3) is 0 Å². The van der Waals surface area contributed by atoms with E-state index in [9.17, 15) is 9.90 Å². The Morgan fingerprint density at radius 3 is 2.48 bits per heavy atom. The van der Waals surface area contributed by atoms with Gasteiger partial charge < -0.3 is 25.2 Å². The van der Waals surface area contributed by atoms with Crippen LogP contribution in [0.5, 0.6) is 11.5 Å². The Bertz CT molecular complexity index is 932. The Labute approximate surface area is 205 Å². The molecule has 180 valence electrons. The van der Waals surface area contributed by atoms with Crippen LogP contribution in [-0.2, 0) is 11.3 Å². The number of nitrogens with zero attached hydrogens (tertiary/aromatic N) is 1. The number of carbonyl (C=O) groups is 1. The third-order valence-corrected chi connectivity index (χ3v) is 6.21. The van der Waals surface area contributed by atoms with E-state index in [1.54, 1.807) is 12.1 Å². The van der Waals surface area contributed by atoms with Gasteiger partial charge >= 0.3 is 0 Å². The molecule has 1 aliphatic rings. The summed E-state index contributed by atoms with van der Waals surface area (Å²) in [6.45, 7) is 5.34. The molecule has 0 bridgehead atoms. The van der Waals surface area contributed by atoms with E-state index in [1.807, 2.05) is 24.3 Å². The summed E-state index contributed by atoms with van der Waals surface area (Å²) in [6, 6.07) is 11.1. The van der Waals surface area contributed by atoms with E-state index < -0.39 is 5.60 Å². The predicted octanol–water partition coefficient (Wildman–Crippen LogP) is 3.96. The van der Waals surface area contributed by atoms with Gasteiger partial charge in [-0.2, -0.15) is 0 Å². The van der Waals surface area contributed by atoms with E-state index in [1.165, 1.54) is 19.6 Å². The molecule has 0 saturated carbocycles. The highest BCUT2D eigenvalue weighted by Crippen LogP contribution is 2.36. The van der Waals surface area contributed by atoms with Crippen LogP contribution in [0.4, 0.5) is 5.69 Å². The molecule has 2 aromatic carbocycles. The molecule has 0 atom stereocenters. The maximum Gasteiger partial charge on any atom is 0.221 e. The number of halogens is 2. The van der Waals surface area contributed by atoms with Crippen molar-refractivity contribution in [3.8, 4) is 11.5 Å². The van der Waals surface area contributed by atoms with Gasteiger partial charge in [0.05, 0.1) is 23.4 Å². The average molecular weight is 496 g/mol. The SMILES string of the molecule is COc1cc(OCCNCC2(O)CCN(Cc3ccc(Cl)cc3)CC2)c(NC(C)=O)cc1Cl. The van der Waals surface area contributed by atoms with Gasteiger partial charge in [-0.05, 0) is 36.6 Å². The van der Waals surface area contributed by atoms with Gasteiger partial charge in [-0.25, -0.2) is 0 Å². The molecule has 0 radical (unpaired) electrons. The van der Waals surface area contributed by atoms with E-state index in [0.29, 0.717) is 54.7 Å². The van der Waals surface area contributed by atoms with Gasteiger partial charge in [-0.1, -0.05) is 35.3 Å². The Balaban J connectivity index is 1.42. The summed E-state index contributed by atoms with van der Waals surface area (Å²) in [5.74, 6) is 0.722. The largest absolute Gasteiger partial charge is 0.495 e. The number of benzene rings is 2. The number of aliphatic hydroxyl groups is 1. The predicted molar refractivity (Wildman–Crippen MR) is 132 cm³/mol. The van der Waals surface area contributed by atoms with E-state index >= 15 is 0 Å². The van der Waals surface area contributed by atoms with Gasteiger partial charge in [-0.15, -0.1) is 0 Å². The number of hydrogen-bond donors (Lipinski definition) is 3. The molecular weight excluding hydrogens is 465 g/mol. The molecule has 33 heavy (non-hydrogen) atoms. The minimum absolute atomic E-state index is 0.219. The van der Waals surface area contributed by atoms with Gasteiger partial charge in [0.15, 0.2) is 0 Å². The van der Waals surface area contributed by atoms with Crippen molar-refractivity contribution in [3.63, 3.8) is 0 Å². The number of ether oxygens (including phenoxy) is 2. The van der Waals surface area contributed by atoms with Crippen LogP contribution < -0.4 is 20.1 Å². The monoisotopic (exact) mass is 495 g/mol. The van der Waals surface area contributed by atoms with Crippen LogP contribution in [0.3, 0.4) is 0 Å². The van der Waals surface area contributed by atoms with Gasteiger partial charge in [0.2, 0.25) is 5.91 Å². The maximum absolute atomic E-state index is 11.5. The van der Waals surface area contributed by atoms with Gasteiger partial charge in [0, 0.05) is 50.7 Å². The lowest BCUT2D eigenvalue weighted by molar-refractivity contribution is -0.114. The summed E-state index contributed by atoms with van der Waals surface area (Å²) in [4.78, 5) is 13.8. The molecule has 1 saturated heterocycles. The number of amides is 1. The van der Waals surface area contributed by atoms with E-state index in [2.05, 4.69) is 15.5 Å². The first-order valence-corrected chi connectivity index (χ1v) is 11.7. The van der Waals surface area contributed by atoms with Crippen LogP contribution in [0.1, 0.15) is 25.3 Å². The molecule has 1 amide bonds. The molecule has 1 aliphatic heterocycles. The first-order chi connectivity index (χ1) is 15.8. The second-order valence-electron chi connectivity index (χ2n) is 8.32. The summed E-state index contributed by atoms with van der Waals surface area (Å²) in [7, 11) is 1.52. The maximum atomic E-state index is 11.5. The summed E-state index contributed by atoms with van der Waals surface area (Å²) >= 11 is 12.1. The van der Waals surface area contributed by atoms with E-state index in [4.69, 9.17) is 32.7 Å². The fraction of sp³-hybridized carbons (Fsp3) is 0.458. The molecule has 2 aromatic rings. The van der Waals surface area contributed by atoms with Crippen molar-refractivity contribution in [2.24, 2.45) is 0 Å². The minimum atomic E-state index is -0.735. The van der Waals surface area contributed by atoms with Gasteiger partial charge in [-0.3, -0.25) is 9.69 Å². The summed E-state index contributed by atoms with van der Waals surface area (Å²) in [5, 5.41) is 18.0. The Morgan fingerprint density at radius 2 is 1.85 bits per heavy atom. The van der Waals surface area contributed by atoms with Crippen molar-refractivity contribution in [3.05, 3.63) is 52.0 Å². The van der Waals surface area contributed by atoms with Crippen molar-refractivity contribution in [2.75, 3.05) is 45.2 Å². The average Bonchev–Trinajstić information content (AvgIpc) is 2.78. The minimum Gasteiger partial charge on any atom is -0.495 e.